The maximum absolute atomic E-state index is 12.2. The summed E-state index contributed by atoms with van der Waals surface area (Å²) in [4.78, 5) is 15.5. The van der Waals surface area contributed by atoms with Gasteiger partial charge in [0.05, 0.1) is 12.7 Å². The second-order valence-electron chi connectivity index (χ2n) is 4.99. The lowest BCUT2D eigenvalue weighted by atomic mass is 9.96. The smallest absolute Gasteiger partial charge is 0.283 e. The fourth-order valence-electron chi connectivity index (χ4n) is 2.12. The molecule has 8 heteroatoms. The van der Waals surface area contributed by atoms with Gasteiger partial charge < -0.3 is 16.2 Å². The maximum Gasteiger partial charge on any atom is 0.283 e. The van der Waals surface area contributed by atoms with E-state index < -0.39 is 21.7 Å². The fourth-order valence-corrected chi connectivity index (χ4v) is 3.34. The van der Waals surface area contributed by atoms with Crippen LogP contribution in [0, 0.1) is 0 Å². The molecule has 1 unspecified atom stereocenters. The van der Waals surface area contributed by atoms with Crippen molar-refractivity contribution < 1.29 is 17.9 Å². The number of guanidine groups is 1. The van der Waals surface area contributed by atoms with Gasteiger partial charge in [-0.05, 0) is 24.0 Å². The van der Waals surface area contributed by atoms with Gasteiger partial charge >= 0.3 is 0 Å². The first-order valence-electron chi connectivity index (χ1n) is 6.68. The fraction of sp³-hybridized carbons (Fsp3) is 0.429. The number of sulfone groups is 1. The number of benzene rings is 1. The van der Waals surface area contributed by atoms with Gasteiger partial charge in [0.25, 0.3) is 5.91 Å². The van der Waals surface area contributed by atoms with Gasteiger partial charge in [-0.25, -0.2) is 8.42 Å². The molecule has 0 heterocycles. The molecule has 0 spiro atoms. The molecule has 0 saturated carbocycles. The first kappa shape index (κ1) is 18.0. The predicted molar refractivity (Wildman–Crippen MR) is 85.0 cm³/mol. The van der Waals surface area contributed by atoms with Gasteiger partial charge in [0.2, 0.25) is 0 Å². The molecule has 7 nitrogen and oxygen atoms in total. The van der Waals surface area contributed by atoms with Gasteiger partial charge in [-0.2, -0.15) is 4.99 Å². The largest absolute Gasteiger partial charge is 0.495 e. The van der Waals surface area contributed by atoms with Gasteiger partial charge in [-0.1, -0.05) is 19.9 Å². The first-order chi connectivity index (χ1) is 10.1. The Bertz CT molecular complexity index is 707. The number of rotatable bonds is 5. The monoisotopic (exact) mass is 327 g/mol. The Morgan fingerprint density at radius 2 is 1.95 bits per heavy atom. The zero-order valence-corrected chi connectivity index (χ0v) is 13.9. The van der Waals surface area contributed by atoms with Crippen molar-refractivity contribution in [3.8, 4) is 5.75 Å². The van der Waals surface area contributed by atoms with Crippen LogP contribution in [0.25, 0.3) is 0 Å². The molecule has 4 N–H and O–H groups in total. The highest BCUT2D eigenvalue weighted by Gasteiger charge is 2.27. The Labute approximate surface area is 130 Å². The number of carbonyl (C=O) groups is 1. The van der Waals surface area contributed by atoms with Crippen LogP contribution in [-0.2, 0) is 9.84 Å². The van der Waals surface area contributed by atoms with E-state index in [1.807, 2.05) is 13.8 Å². The van der Waals surface area contributed by atoms with Gasteiger partial charge in [-0.3, -0.25) is 4.79 Å². The highest BCUT2D eigenvalue weighted by molar-refractivity contribution is 7.90. The lowest BCUT2D eigenvalue weighted by Crippen LogP contribution is -2.24. The maximum atomic E-state index is 12.2. The summed E-state index contributed by atoms with van der Waals surface area (Å²) < 4.78 is 29.5. The molecule has 0 aliphatic heterocycles. The lowest BCUT2D eigenvalue weighted by Gasteiger charge is -2.18. The Kier molecular flexibility index (Phi) is 5.54. The van der Waals surface area contributed by atoms with E-state index in [9.17, 15) is 13.2 Å². The van der Waals surface area contributed by atoms with E-state index in [2.05, 4.69) is 4.99 Å². The van der Waals surface area contributed by atoms with Crippen LogP contribution in [0.2, 0.25) is 0 Å². The van der Waals surface area contributed by atoms with E-state index >= 15 is 0 Å². The third kappa shape index (κ3) is 3.76. The molecule has 0 fully saturated rings. The SMILES string of the molecule is CCC(C)c1ccc(C(=O)N=C(N)N)c(OC)c1S(C)(=O)=O. The van der Waals surface area contributed by atoms with Gasteiger partial charge in [0, 0.05) is 6.26 Å². The Balaban J connectivity index is 3.74. The number of methoxy groups -OCH3 is 1. The minimum absolute atomic E-state index is 0.000919. The molecule has 1 amide bonds. The van der Waals surface area contributed by atoms with Gasteiger partial charge in [-0.15, -0.1) is 0 Å². The van der Waals surface area contributed by atoms with Crippen LogP contribution in [0.3, 0.4) is 0 Å². The van der Waals surface area contributed by atoms with Crippen molar-refractivity contribution in [1.29, 1.82) is 0 Å². The van der Waals surface area contributed by atoms with Crippen molar-refractivity contribution >= 4 is 21.7 Å². The van der Waals surface area contributed by atoms with Crippen LogP contribution in [0.15, 0.2) is 22.0 Å². The molecule has 22 heavy (non-hydrogen) atoms. The normalized spacial score (nSPS) is 12.5. The highest BCUT2D eigenvalue weighted by atomic mass is 32.2. The predicted octanol–water partition coefficient (Wildman–Crippen LogP) is 1.03. The van der Waals surface area contributed by atoms with E-state index in [-0.39, 0.29) is 22.1 Å². The Hall–Kier alpha value is -2.09. The van der Waals surface area contributed by atoms with E-state index in [4.69, 9.17) is 16.2 Å². The summed E-state index contributed by atoms with van der Waals surface area (Å²) in [6.07, 6.45) is 1.82. The zero-order valence-electron chi connectivity index (χ0n) is 13.1. The van der Waals surface area contributed by atoms with E-state index in [1.54, 1.807) is 6.07 Å². The highest BCUT2D eigenvalue weighted by Crippen LogP contribution is 2.36. The number of aliphatic imine (C=N–C) groups is 1. The van der Waals surface area contributed by atoms with Crippen molar-refractivity contribution in [2.45, 2.75) is 31.1 Å². The first-order valence-corrected chi connectivity index (χ1v) is 8.57. The summed E-state index contributed by atoms with van der Waals surface area (Å²) in [5.41, 5.74) is 11.0. The molecule has 0 saturated heterocycles. The van der Waals surface area contributed by atoms with Crippen molar-refractivity contribution in [2.24, 2.45) is 16.5 Å². The molecule has 1 aromatic rings. The number of ether oxygens (including phenoxy) is 1. The number of carbonyl (C=O) groups excluding carboxylic acids is 1. The van der Waals surface area contributed by atoms with Crippen LogP contribution in [0.4, 0.5) is 0 Å². The van der Waals surface area contributed by atoms with Crippen molar-refractivity contribution in [2.75, 3.05) is 13.4 Å². The lowest BCUT2D eigenvalue weighted by molar-refractivity contribution is 0.0999. The van der Waals surface area contributed by atoms with Crippen molar-refractivity contribution in [3.05, 3.63) is 23.3 Å². The molecular formula is C14H21N3O4S. The van der Waals surface area contributed by atoms with E-state index in [0.29, 0.717) is 5.56 Å². The van der Waals surface area contributed by atoms with E-state index in [0.717, 1.165) is 12.7 Å². The third-order valence-electron chi connectivity index (χ3n) is 3.32. The zero-order chi connectivity index (χ0) is 17.1. The topological polar surface area (TPSA) is 125 Å². The van der Waals surface area contributed by atoms with Crippen LogP contribution >= 0.6 is 0 Å². The molecule has 1 rings (SSSR count). The molecule has 0 radical (unpaired) electrons. The summed E-state index contributed by atoms with van der Waals surface area (Å²) in [5.74, 6) is -1.20. The molecular weight excluding hydrogens is 306 g/mol. The number of nitrogens with zero attached hydrogens (tertiary/aromatic N) is 1. The molecule has 1 atom stereocenters. The molecule has 122 valence electrons. The molecule has 0 aliphatic rings. The standard InChI is InChI=1S/C14H21N3O4S/c1-5-8(2)9-6-7-10(13(18)17-14(15)16)11(21-3)12(9)22(4,19)20/h6-8H,5H2,1-4H3,(H4,15,16,17,18). The van der Waals surface area contributed by atoms with Crippen LogP contribution in [0.1, 0.15) is 42.1 Å². The van der Waals surface area contributed by atoms with Crippen molar-refractivity contribution in [1.82, 2.24) is 0 Å². The van der Waals surface area contributed by atoms with Gasteiger partial charge in [0.15, 0.2) is 21.5 Å². The van der Waals surface area contributed by atoms with E-state index in [1.165, 1.54) is 13.2 Å². The average molecular weight is 327 g/mol. The number of hydrogen-bond donors (Lipinski definition) is 2. The van der Waals surface area contributed by atoms with Crippen LogP contribution < -0.4 is 16.2 Å². The molecule has 1 aromatic carbocycles. The molecule has 0 bridgehead atoms. The number of amides is 1. The summed E-state index contributed by atoms with van der Waals surface area (Å²) >= 11 is 0. The number of hydrogen-bond acceptors (Lipinski definition) is 4. The average Bonchev–Trinajstić information content (AvgIpc) is 2.42. The third-order valence-corrected chi connectivity index (χ3v) is 4.48. The summed E-state index contributed by atoms with van der Waals surface area (Å²) in [6, 6.07) is 3.08. The second kappa shape index (κ2) is 6.78. The van der Waals surface area contributed by atoms with Crippen LogP contribution in [-0.4, -0.2) is 33.7 Å². The van der Waals surface area contributed by atoms with Gasteiger partial charge in [0.1, 0.15) is 4.90 Å². The summed E-state index contributed by atoms with van der Waals surface area (Å²) in [6.45, 7) is 3.85. The van der Waals surface area contributed by atoms with Crippen LogP contribution in [0.5, 0.6) is 5.75 Å². The molecule has 0 aliphatic carbocycles. The summed E-state index contributed by atoms with van der Waals surface area (Å²) in [5, 5.41) is 0. The number of nitrogens with two attached hydrogens (primary N) is 2. The van der Waals surface area contributed by atoms with Crippen molar-refractivity contribution in [3.63, 3.8) is 0 Å². The minimum atomic E-state index is -3.60. The summed E-state index contributed by atoms with van der Waals surface area (Å²) in [7, 11) is -2.30. The Morgan fingerprint density at radius 3 is 2.36 bits per heavy atom. The second-order valence-corrected chi connectivity index (χ2v) is 6.94. The minimum Gasteiger partial charge on any atom is -0.495 e. The molecule has 0 aromatic heterocycles. The quantitative estimate of drug-likeness (QED) is 0.614. The Morgan fingerprint density at radius 1 is 1.36 bits per heavy atom.